The number of carboxylic acid groups (broad SMARTS) is 1. The van der Waals surface area contributed by atoms with Gasteiger partial charge < -0.3 is 15.2 Å². The van der Waals surface area contributed by atoms with Gasteiger partial charge in [0.05, 0.1) is 12.7 Å². The molecule has 4 heteroatoms. The maximum atomic E-state index is 10.9. The highest BCUT2D eigenvalue weighted by Crippen LogP contribution is 2.19. The fourth-order valence-corrected chi connectivity index (χ4v) is 2.28. The lowest BCUT2D eigenvalue weighted by molar-refractivity contribution is -0.140. The van der Waals surface area contributed by atoms with E-state index in [0.717, 1.165) is 12.8 Å². The average molecular weight is 243 g/mol. The summed E-state index contributed by atoms with van der Waals surface area (Å²) >= 11 is 0. The molecule has 100 valence electrons. The van der Waals surface area contributed by atoms with Crippen molar-refractivity contribution in [3.63, 3.8) is 0 Å². The van der Waals surface area contributed by atoms with Gasteiger partial charge in [0.2, 0.25) is 0 Å². The molecule has 1 rings (SSSR count). The van der Waals surface area contributed by atoms with Crippen molar-refractivity contribution in [3.8, 4) is 0 Å². The second-order valence-corrected chi connectivity index (χ2v) is 5.14. The molecule has 0 aromatic rings. The third-order valence-corrected chi connectivity index (χ3v) is 3.30. The third kappa shape index (κ3) is 5.50. The van der Waals surface area contributed by atoms with Crippen molar-refractivity contribution in [1.29, 1.82) is 0 Å². The number of nitrogens with one attached hydrogen (secondary N) is 1. The van der Waals surface area contributed by atoms with Gasteiger partial charge in [-0.25, -0.2) is 0 Å². The Labute approximate surface area is 104 Å². The zero-order chi connectivity index (χ0) is 12.7. The Hall–Kier alpha value is -0.610. The van der Waals surface area contributed by atoms with Gasteiger partial charge in [0, 0.05) is 6.54 Å². The number of carbonyl (C=O) groups is 1. The Kier molecular flexibility index (Phi) is 6.52. The second-order valence-electron chi connectivity index (χ2n) is 5.14. The monoisotopic (exact) mass is 243 g/mol. The molecule has 1 saturated carbocycles. The molecular formula is C13H25NO3. The van der Waals surface area contributed by atoms with E-state index in [1.54, 1.807) is 0 Å². The molecular weight excluding hydrogens is 218 g/mol. The van der Waals surface area contributed by atoms with E-state index in [2.05, 4.69) is 5.32 Å². The minimum absolute atomic E-state index is 0.0992. The van der Waals surface area contributed by atoms with Gasteiger partial charge in [0.15, 0.2) is 0 Å². The number of hydrogen-bond donors (Lipinski definition) is 2. The largest absolute Gasteiger partial charge is 0.480 e. The van der Waals surface area contributed by atoms with Crippen molar-refractivity contribution in [2.45, 2.75) is 58.1 Å². The number of aliphatic carboxylic acids is 1. The SMILES string of the molecule is CC(C)C(NCCOC1CCCCC1)C(=O)O. The first-order chi connectivity index (χ1) is 8.11. The van der Waals surface area contributed by atoms with E-state index < -0.39 is 12.0 Å². The molecule has 0 spiro atoms. The Morgan fingerprint density at radius 1 is 1.35 bits per heavy atom. The van der Waals surface area contributed by atoms with Crippen molar-refractivity contribution in [1.82, 2.24) is 5.32 Å². The van der Waals surface area contributed by atoms with Crippen LogP contribution in [0.5, 0.6) is 0 Å². The molecule has 2 N–H and O–H groups in total. The molecule has 1 aliphatic rings. The van der Waals surface area contributed by atoms with E-state index in [0.29, 0.717) is 19.3 Å². The first kappa shape index (κ1) is 14.5. The maximum Gasteiger partial charge on any atom is 0.320 e. The molecule has 0 radical (unpaired) electrons. The Morgan fingerprint density at radius 2 is 2.00 bits per heavy atom. The van der Waals surface area contributed by atoms with E-state index in [1.165, 1.54) is 19.3 Å². The topological polar surface area (TPSA) is 58.6 Å². The minimum Gasteiger partial charge on any atom is -0.480 e. The lowest BCUT2D eigenvalue weighted by Crippen LogP contribution is -2.42. The van der Waals surface area contributed by atoms with Gasteiger partial charge in [0.1, 0.15) is 6.04 Å². The fraction of sp³-hybridized carbons (Fsp3) is 0.923. The summed E-state index contributed by atoms with van der Waals surface area (Å²) in [7, 11) is 0. The lowest BCUT2D eigenvalue weighted by Gasteiger charge is -2.23. The molecule has 4 nitrogen and oxygen atoms in total. The van der Waals surface area contributed by atoms with Gasteiger partial charge in [-0.1, -0.05) is 33.1 Å². The van der Waals surface area contributed by atoms with Gasteiger partial charge >= 0.3 is 5.97 Å². The lowest BCUT2D eigenvalue weighted by atomic mass is 9.98. The highest BCUT2D eigenvalue weighted by molar-refractivity contribution is 5.73. The standard InChI is InChI=1S/C13H25NO3/c1-10(2)12(13(15)16)14-8-9-17-11-6-4-3-5-7-11/h10-12,14H,3-9H2,1-2H3,(H,15,16). The number of carboxylic acids is 1. The Bertz CT molecular complexity index is 225. The van der Waals surface area contributed by atoms with Crippen LogP contribution < -0.4 is 5.32 Å². The van der Waals surface area contributed by atoms with Crippen LogP contribution in [0.1, 0.15) is 46.0 Å². The van der Waals surface area contributed by atoms with Crippen LogP contribution in [0.2, 0.25) is 0 Å². The van der Waals surface area contributed by atoms with Gasteiger partial charge in [0.25, 0.3) is 0 Å². The van der Waals surface area contributed by atoms with Crippen molar-refractivity contribution in [2.24, 2.45) is 5.92 Å². The zero-order valence-electron chi connectivity index (χ0n) is 10.9. The molecule has 0 amide bonds. The molecule has 1 atom stereocenters. The van der Waals surface area contributed by atoms with Crippen molar-refractivity contribution in [3.05, 3.63) is 0 Å². The zero-order valence-corrected chi connectivity index (χ0v) is 10.9. The first-order valence-corrected chi connectivity index (χ1v) is 6.69. The predicted molar refractivity (Wildman–Crippen MR) is 67.1 cm³/mol. The van der Waals surface area contributed by atoms with E-state index in [-0.39, 0.29) is 5.92 Å². The Balaban J connectivity index is 2.11. The van der Waals surface area contributed by atoms with Crippen LogP contribution in [0.15, 0.2) is 0 Å². The summed E-state index contributed by atoms with van der Waals surface area (Å²) in [4.78, 5) is 10.9. The van der Waals surface area contributed by atoms with Crippen molar-refractivity contribution in [2.75, 3.05) is 13.2 Å². The normalized spacial score (nSPS) is 19.5. The maximum absolute atomic E-state index is 10.9. The summed E-state index contributed by atoms with van der Waals surface area (Å²) in [6.07, 6.45) is 6.57. The van der Waals surface area contributed by atoms with Gasteiger partial charge in [-0.05, 0) is 18.8 Å². The number of hydrogen-bond acceptors (Lipinski definition) is 3. The van der Waals surface area contributed by atoms with Crippen LogP contribution in [0, 0.1) is 5.92 Å². The van der Waals surface area contributed by atoms with E-state index in [1.807, 2.05) is 13.8 Å². The van der Waals surface area contributed by atoms with Crippen LogP contribution in [-0.2, 0) is 9.53 Å². The molecule has 0 aromatic heterocycles. The highest BCUT2D eigenvalue weighted by atomic mass is 16.5. The van der Waals surface area contributed by atoms with Crippen LogP contribution >= 0.6 is 0 Å². The molecule has 17 heavy (non-hydrogen) atoms. The van der Waals surface area contributed by atoms with E-state index in [9.17, 15) is 4.79 Å². The average Bonchev–Trinajstić information content (AvgIpc) is 2.29. The number of ether oxygens (including phenoxy) is 1. The molecule has 0 aromatic carbocycles. The molecule has 1 fully saturated rings. The van der Waals surface area contributed by atoms with Gasteiger partial charge in [-0.15, -0.1) is 0 Å². The van der Waals surface area contributed by atoms with Crippen LogP contribution in [-0.4, -0.2) is 36.4 Å². The van der Waals surface area contributed by atoms with Gasteiger partial charge in [-0.3, -0.25) is 4.79 Å². The molecule has 0 saturated heterocycles. The first-order valence-electron chi connectivity index (χ1n) is 6.69. The summed E-state index contributed by atoms with van der Waals surface area (Å²) in [6.45, 7) is 5.05. The summed E-state index contributed by atoms with van der Waals surface area (Å²) in [5, 5.41) is 12.0. The summed E-state index contributed by atoms with van der Waals surface area (Å²) in [5.74, 6) is -0.681. The molecule has 0 aliphatic heterocycles. The highest BCUT2D eigenvalue weighted by Gasteiger charge is 2.20. The van der Waals surface area contributed by atoms with Gasteiger partial charge in [-0.2, -0.15) is 0 Å². The Morgan fingerprint density at radius 3 is 2.53 bits per heavy atom. The predicted octanol–water partition coefficient (Wildman–Crippen LogP) is 2.03. The second kappa shape index (κ2) is 7.67. The molecule has 0 heterocycles. The van der Waals surface area contributed by atoms with Crippen LogP contribution in [0.3, 0.4) is 0 Å². The molecule has 1 unspecified atom stereocenters. The van der Waals surface area contributed by atoms with Crippen LogP contribution in [0.4, 0.5) is 0 Å². The van der Waals surface area contributed by atoms with Crippen LogP contribution in [0.25, 0.3) is 0 Å². The third-order valence-electron chi connectivity index (χ3n) is 3.30. The molecule has 0 bridgehead atoms. The fourth-order valence-electron chi connectivity index (χ4n) is 2.28. The summed E-state index contributed by atoms with van der Waals surface area (Å²) < 4.78 is 5.74. The molecule has 1 aliphatic carbocycles. The van der Waals surface area contributed by atoms with E-state index in [4.69, 9.17) is 9.84 Å². The van der Waals surface area contributed by atoms with E-state index >= 15 is 0 Å². The summed E-state index contributed by atoms with van der Waals surface area (Å²) in [6, 6.07) is -0.468. The smallest absolute Gasteiger partial charge is 0.320 e. The van der Waals surface area contributed by atoms with Crippen molar-refractivity contribution < 1.29 is 14.6 Å². The summed E-state index contributed by atoms with van der Waals surface area (Å²) in [5.41, 5.74) is 0. The number of rotatable bonds is 7. The van der Waals surface area contributed by atoms with Crippen molar-refractivity contribution >= 4 is 5.97 Å². The minimum atomic E-state index is -0.780. The quantitative estimate of drug-likeness (QED) is 0.672.